The third kappa shape index (κ3) is 7.55. The molecule has 1 fully saturated rings. The number of ether oxygens (including phenoxy) is 2. The summed E-state index contributed by atoms with van der Waals surface area (Å²) in [5.74, 6) is 0.0339. The molecular formula is C22H33FN2O4. The van der Waals surface area contributed by atoms with Crippen molar-refractivity contribution >= 4 is 12.2 Å². The topological polar surface area (TPSA) is 67.9 Å². The van der Waals surface area contributed by atoms with Gasteiger partial charge in [-0.05, 0) is 76.0 Å². The van der Waals surface area contributed by atoms with E-state index in [1.54, 1.807) is 17.0 Å². The lowest BCUT2D eigenvalue weighted by molar-refractivity contribution is 0.0148. The van der Waals surface area contributed by atoms with E-state index in [4.69, 9.17) is 4.74 Å². The second-order valence-electron chi connectivity index (χ2n) is 8.55. The lowest BCUT2D eigenvalue weighted by Crippen LogP contribution is -2.44. The summed E-state index contributed by atoms with van der Waals surface area (Å²) in [7, 11) is 1.33. The number of nitrogens with one attached hydrogen (secondary N) is 1. The monoisotopic (exact) mass is 408 g/mol. The van der Waals surface area contributed by atoms with Gasteiger partial charge in [0.1, 0.15) is 11.4 Å². The second-order valence-corrected chi connectivity index (χ2v) is 8.55. The molecule has 1 aliphatic heterocycles. The SMILES string of the molecule is COC(=O)NCCCC(c1cccc(F)c1)C1CCCN(C(=O)OC(C)(C)C)C1. The van der Waals surface area contributed by atoms with E-state index in [2.05, 4.69) is 10.1 Å². The van der Waals surface area contributed by atoms with Crippen molar-refractivity contribution in [2.75, 3.05) is 26.7 Å². The molecule has 2 atom stereocenters. The predicted molar refractivity (Wildman–Crippen MR) is 109 cm³/mol. The van der Waals surface area contributed by atoms with Gasteiger partial charge in [0.25, 0.3) is 0 Å². The Balaban J connectivity index is 2.08. The maximum Gasteiger partial charge on any atom is 0.410 e. The second kappa shape index (κ2) is 10.5. The van der Waals surface area contributed by atoms with Gasteiger partial charge in [-0.1, -0.05) is 12.1 Å². The fourth-order valence-corrected chi connectivity index (χ4v) is 3.83. The summed E-state index contributed by atoms with van der Waals surface area (Å²) in [6.07, 6.45) is 2.61. The van der Waals surface area contributed by atoms with Crippen LogP contribution in [0.25, 0.3) is 0 Å². The molecule has 0 spiro atoms. The van der Waals surface area contributed by atoms with Crippen molar-refractivity contribution in [3.05, 3.63) is 35.6 Å². The Hall–Kier alpha value is -2.31. The zero-order valence-electron chi connectivity index (χ0n) is 17.9. The third-order valence-corrected chi connectivity index (χ3v) is 5.10. The van der Waals surface area contributed by atoms with Crippen molar-refractivity contribution < 1.29 is 23.5 Å². The Morgan fingerprint density at radius 3 is 2.76 bits per heavy atom. The summed E-state index contributed by atoms with van der Waals surface area (Å²) < 4.78 is 24.0. The van der Waals surface area contributed by atoms with Crippen LogP contribution in [-0.2, 0) is 9.47 Å². The molecule has 29 heavy (non-hydrogen) atoms. The molecule has 1 saturated heterocycles. The summed E-state index contributed by atoms with van der Waals surface area (Å²) in [6, 6.07) is 6.67. The Bertz CT molecular complexity index is 690. The van der Waals surface area contributed by atoms with Crippen molar-refractivity contribution in [3.8, 4) is 0 Å². The van der Waals surface area contributed by atoms with Gasteiger partial charge >= 0.3 is 12.2 Å². The molecule has 162 valence electrons. The lowest BCUT2D eigenvalue weighted by atomic mass is 9.78. The van der Waals surface area contributed by atoms with E-state index in [1.165, 1.54) is 13.2 Å². The average Bonchev–Trinajstić information content (AvgIpc) is 2.66. The molecule has 0 bridgehead atoms. The highest BCUT2D eigenvalue weighted by Gasteiger charge is 2.32. The van der Waals surface area contributed by atoms with Crippen LogP contribution in [0.3, 0.4) is 0 Å². The zero-order valence-corrected chi connectivity index (χ0v) is 17.9. The predicted octanol–water partition coefficient (Wildman–Crippen LogP) is 4.69. The average molecular weight is 409 g/mol. The molecular weight excluding hydrogens is 375 g/mol. The molecule has 1 heterocycles. The first kappa shape index (κ1) is 23.0. The van der Waals surface area contributed by atoms with Crippen LogP contribution in [0.5, 0.6) is 0 Å². The van der Waals surface area contributed by atoms with Crippen LogP contribution in [0.2, 0.25) is 0 Å². The number of carbonyl (C=O) groups excluding carboxylic acids is 2. The summed E-state index contributed by atoms with van der Waals surface area (Å²) >= 11 is 0. The molecule has 1 N–H and O–H groups in total. The van der Waals surface area contributed by atoms with Crippen LogP contribution in [-0.4, -0.2) is 49.4 Å². The van der Waals surface area contributed by atoms with E-state index < -0.39 is 11.7 Å². The Kier molecular flexibility index (Phi) is 8.29. The van der Waals surface area contributed by atoms with Crippen LogP contribution >= 0.6 is 0 Å². The molecule has 0 saturated carbocycles. The van der Waals surface area contributed by atoms with Crippen molar-refractivity contribution in [2.45, 2.75) is 58.0 Å². The van der Waals surface area contributed by atoms with Crippen molar-refractivity contribution in [3.63, 3.8) is 0 Å². The van der Waals surface area contributed by atoms with E-state index in [0.29, 0.717) is 19.6 Å². The molecule has 1 aromatic carbocycles. The molecule has 1 aromatic rings. The van der Waals surface area contributed by atoms with Gasteiger partial charge in [0.2, 0.25) is 0 Å². The maximum atomic E-state index is 13.9. The maximum absolute atomic E-state index is 13.9. The normalized spacial score (nSPS) is 18.1. The van der Waals surface area contributed by atoms with Crippen LogP contribution in [0, 0.1) is 11.7 Å². The quantitative estimate of drug-likeness (QED) is 0.693. The van der Waals surface area contributed by atoms with Gasteiger partial charge in [0.05, 0.1) is 7.11 Å². The number of methoxy groups -OCH3 is 1. The van der Waals surface area contributed by atoms with Crippen LogP contribution in [0.15, 0.2) is 24.3 Å². The van der Waals surface area contributed by atoms with E-state index in [-0.39, 0.29) is 23.7 Å². The van der Waals surface area contributed by atoms with Crippen LogP contribution in [0.4, 0.5) is 14.0 Å². The minimum absolute atomic E-state index is 0.0929. The summed E-state index contributed by atoms with van der Waals surface area (Å²) in [4.78, 5) is 25.5. The van der Waals surface area contributed by atoms with Crippen molar-refractivity contribution in [2.24, 2.45) is 5.92 Å². The molecule has 0 aromatic heterocycles. The number of piperidine rings is 1. The fourth-order valence-electron chi connectivity index (χ4n) is 3.83. The zero-order chi connectivity index (χ0) is 21.4. The minimum atomic E-state index is -0.536. The molecule has 1 aliphatic rings. The fraction of sp³-hybridized carbons (Fsp3) is 0.636. The molecule has 2 amide bonds. The number of amides is 2. The number of benzene rings is 1. The van der Waals surface area contributed by atoms with Crippen LogP contribution in [0.1, 0.15) is 57.9 Å². The Morgan fingerprint density at radius 2 is 2.10 bits per heavy atom. The Morgan fingerprint density at radius 1 is 1.34 bits per heavy atom. The number of rotatable bonds is 6. The van der Waals surface area contributed by atoms with Crippen molar-refractivity contribution in [1.82, 2.24) is 10.2 Å². The summed E-state index contributed by atoms with van der Waals surface area (Å²) in [6.45, 7) is 7.31. The first-order chi connectivity index (χ1) is 13.7. The van der Waals surface area contributed by atoms with Gasteiger partial charge < -0.3 is 19.7 Å². The van der Waals surface area contributed by atoms with Crippen LogP contribution < -0.4 is 5.32 Å². The first-order valence-electron chi connectivity index (χ1n) is 10.2. The largest absolute Gasteiger partial charge is 0.453 e. The van der Waals surface area contributed by atoms with Gasteiger partial charge in [0, 0.05) is 19.6 Å². The van der Waals surface area contributed by atoms with E-state index in [9.17, 15) is 14.0 Å². The van der Waals surface area contributed by atoms with E-state index in [1.807, 2.05) is 26.8 Å². The third-order valence-electron chi connectivity index (χ3n) is 5.10. The summed E-state index contributed by atoms with van der Waals surface area (Å²) in [5, 5.41) is 2.69. The summed E-state index contributed by atoms with van der Waals surface area (Å²) in [5.41, 5.74) is 0.394. The molecule has 7 heteroatoms. The number of alkyl carbamates (subject to hydrolysis) is 1. The number of hydrogen-bond acceptors (Lipinski definition) is 4. The lowest BCUT2D eigenvalue weighted by Gasteiger charge is -2.38. The highest BCUT2D eigenvalue weighted by molar-refractivity contribution is 5.68. The highest BCUT2D eigenvalue weighted by atomic mass is 19.1. The Labute approximate surface area is 172 Å². The van der Waals surface area contributed by atoms with Gasteiger partial charge in [-0.2, -0.15) is 0 Å². The number of halogens is 1. The highest BCUT2D eigenvalue weighted by Crippen LogP contribution is 2.36. The van der Waals surface area contributed by atoms with Gasteiger partial charge in [-0.15, -0.1) is 0 Å². The van der Waals surface area contributed by atoms with Gasteiger partial charge in [-0.25, -0.2) is 14.0 Å². The molecule has 0 aliphatic carbocycles. The molecule has 0 radical (unpaired) electrons. The standard InChI is InChI=1S/C22H33FN2O4/c1-22(2,3)29-21(27)25-13-7-9-17(15-25)19(11-6-12-24-20(26)28-4)16-8-5-10-18(23)14-16/h5,8,10,14,17,19H,6-7,9,11-13,15H2,1-4H3,(H,24,26). The molecule has 2 rings (SSSR count). The number of carbonyl (C=O) groups is 2. The number of likely N-dealkylation sites (tertiary alicyclic amines) is 1. The molecule has 6 nitrogen and oxygen atoms in total. The minimum Gasteiger partial charge on any atom is -0.453 e. The molecule has 2 unspecified atom stereocenters. The van der Waals surface area contributed by atoms with Gasteiger partial charge in [-0.3, -0.25) is 0 Å². The van der Waals surface area contributed by atoms with Gasteiger partial charge in [0.15, 0.2) is 0 Å². The first-order valence-corrected chi connectivity index (χ1v) is 10.2. The van der Waals surface area contributed by atoms with E-state index >= 15 is 0 Å². The van der Waals surface area contributed by atoms with Crippen molar-refractivity contribution in [1.29, 1.82) is 0 Å². The number of hydrogen-bond donors (Lipinski definition) is 1. The number of nitrogens with zero attached hydrogens (tertiary/aromatic N) is 1. The smallest absolute Gasteiger partial charge is 0.410 e. The van der Waals surface area contributed by atoms with E-state index in [0.717, 1.165) is 31.2 Å².